The van der Waals surface area contributed by atoms with Gasteiger partial charge in [0.25, 0.3) is 0 Å². The fourth-order valence-electron chi connectivity index (χ4n) is 2.49. The maximum Gasteiger partial charge on any atom is 0.145 e. The number of halogens is 1. The van der Waals surface area contributed by atoms with Crippen molar-refractivity contribution in [1.29, 1.82) is 0 Å². The van der Waals surface area contributed by atoms with Crippen LogP contribution in [0.4, 0.5) is 10.1 Å². The predicted molar refractivity (Wildman–Crippen MR) is 118 cm³/mol. The standard InChI is InChI=1S/C22H26FN3O3S/c23-18-5-3-17(4-6-18)22(26-20-7-9-21(30-25)10-8-20)15-19(24)16-29-13-2-1-12-28-14-11-27/h3-11,15H,1-2,12-14,16,24-25H2/b19-15-,26-22?. The first-order valence-electron chi connectivity index (χ1n) is 9.49. The summed E-state index contributed by atoms with van der Waals surface area (Å²) in [5, 5.41) is 5.56. The van der Waals surface area contributed by atoms with E-state index < -0.39 is 0 Å². The van der Waals surface area contributed by atoms with E-state index in [0.29, 0.717) is 24.6 Å². The minimum absolute atomic E-state index is 0.121. The van der Waals surface area contributed by atoms with E-state index >= 15 is 0 Å². The molecule has 0 saturated carbocycles. The van der Waals surface area contributed by atoms with Crippen LogP contribution < -0.4 is 10.9 Å². The molecule has 0 spiro atoms. The maximum atomic E-state index is 13.3. The molecule has 0 radical (unpaired) electrons. The number of carbonyl (C=O) groups is 1. The largest absolute Gasteiger partial charge is 0.400 e. The molecule has 30 heavy (non-hydrogen) atoms. The van der Waals surface area contributed by atoms with E-state index in [-0.39, 0.29) is 19.0 Å². The fraction of sp³-hybridized carbons (Fsp3) is 0.273. The number of aliphatic imine (C=N–C) groups is 1. The summed E-state index contributed by atoms with van der Waals surface area (Å²) in [5.74, 6) is -0.320. The Hall–Kier alpha value is -2.52. The predicted octanol–water partition coefficient (Wildman–Crippen LogP) is 3.77. The van der Waals surface area contributed by atoms with Gasteiger partial charge in [-0.15, -0.1) is 0 Å². The smallest absolute Gasteiger partial charge is 0.145 e. The Morgan fingerprint density at radius 2 is 1.70 bits per heavy atom. The van der Waals surface area contributed by atoms with Crippen molar-refractivity contribution in [2.75, 3.05) is 26.4 Å². The minimum atomic E-state index is -0.320. The molecule has 4 N–H and O–H groups in total. The molecule has 0 bridgehead atoms. The molecule has 6 nitrogen and oxygen atoms in total. The van der Waals surface area contributed by atoms with E-state index in [1.807, 2.05) is 24.3 Å². The Bertz CT molecular complexity index is 840. The number of allylic oxidation sites excluding steroid dienone is 1. The molecule has 0 aliphatic carbocycles. The van der Waals surface area contributed by atoms with Gasteiger partial charge in [0.1, 0.15) is 18.7 Å². The molecule has 0 unspecified atom stereocenters. The van der Waals surface area contributed by atoms with Crippen LogP contribution in [-0.4, -0.2) is 38.4 Å². The Morgan fingerprint density at radius 3 is 2.33 bits per heavy atom. The number of rotatable bonds is 13. The average Bonchev–Trinajstić information content (AvgIpc) is 2.76. The zero-order chi connectivity index (χ0) is 21.6. The van der Waals surface area contributed by atoms with E-state index in [2.05, 4.69) is 4.99 Å². The molecule has 2 aromatic rings. The third-order valence-corrected chi connectivity index (χ3v) is 4.51. The molecule has 0 aromatic heterocycles. The maximum absolute atomic E-state index is 13.3. The summed E-state index contributed by atoms with van der Waals surface area (Å²) in [7, 11) is 0. The van der Waals surface area contributed by atoms with Gasteiger partial charge in [0.15, 0.2) is 0 Å². The molecule has 0 aliphatic heterocycles. The summed E-state index contributed by atoms with van der Waals surface area (Å²) in [6.45, 7) is 1.42. The van der Waals surface area contributed by atoms with Gasteiger partial charge in [-0.25, -0.2) is 9.38 Å². The number of aldehydes is 1. The molecule has 2 rings (SSSR count). The average molecular weight is 432 g/mol. The van der Waals surface area contributed by atoms with E-state index in [9.17, 15) is 9.18 Å². The van der Waals surface area contributed by atoms with Gasteiger partial charge in [-0.05, 0) is 79.4 Å². The van der Waals surface area contributed by atoms with Crippen LogP contribution in [-0.2, 0) is 14.3 Å². The van der Waals surface area contributed by atoms with Crippen LogP contribution in [0, 0.1) is 5.82 Å². The highest BCUT2D eigenvalue weighted by atomic mass is 32.2. The molecule has 0 heterocycles. The lowest BCUT2D eigenvalue weighted by Gasteiger charge is -2.08. The molecule has 0 atom stereocenters. The minimum Gasteiger partial charge on any atom is -0.400 e. The van der Waals surface area contributed by atoms with Crippen LogP contribution in [0.3, 0.4) is 0 Å². The third kappa shape index (κ3) is 8.87. The normalized spacial score (nSPS) is 12.2. The summed E-state index contributed by atoms with van der Waals surface area (Å²) >= 11 is 1.16. The Kier molecular flexibility index (Phi) is 10.8. The molecule has 0 saturated heterocycles. The number of nitrogens with zero attached hydrogens (tertiary/aromatic N) is 1. The Balaban J connectivity index is 2.02. The molecule has 0 amide bonds. The fourth-order valence-corrected chi connectivity index (χ4v) is 2.78. The number of hydrogen-bond donors (Lipinski definition) is 2. The topological polar surface area (TPSA) is 99.9 Å². The van der Waals surface area contributed by atoms with Gasteiger partial charge >= 0.3 is 0 Å². The van der Waals surface area contributed by atoms with Gasteiger partial charge in [-0.1, -0.05) is 0 Å². The van der Waals surface area contributed by atoms with Crippen molar-refractivity contribution in [3.63, 3.8) is 0 Å². The highest BCUT2D eigenvalue weighted by molar-refractivity contribution is 7.97. The van der Waals surface area contributed by atoms with Gasteiger partial charge in [-0.3, -0.25) is 5.14 Å². The number of ether oxygens (including phenoxy) is 2. The van der Waals surface area contributed by atoms with Gasteiger partial charge in [0.2, 0.25) is 0 Å². The lowest BCUT2D eigenvalue weighted by molar-refractivity contribution is -0.111. The lowest BCUT2D eigenvalue weighted by Crippen LogP contribution is -2.11. The van der Waals surface area contributed by atoms with Crippen molar-refractivity contribution in [2.45, 2.75) is 17.7 Å². The van der Waals surface area contributed by atoms with Crippen LogP contribution in [0.5, 0.6) is 0 Å². The molecule has 2 aromatic carbocycles. The Labute approximate surface area is 180 Å². The first-order chi connectivity index (χ1) is 14.6. The van der Waals surface area contributed by atoms with Crippen LogP contribution >= 0.6 is 11.9 Å². The molecule has 160 valence electrons. The van der Waals surface area contributed by atoms with Gasteiger partial charge < -0.3 is 20.0 Å². The number of unbranched alkanes of at least 4 members (excludes halogenated alkanes) is 1. The van der Waals surface area contributed by atoms with Gasteiger partial charge in [-0.2, -0.15) is 0 Å². The quantitative estimate of drug-likeness (QED) is 0.217. The second kappa shape index (κ2) is 13.7. The van der Waals surface area contributed by atoms with Crippen LogP contribution in [0.2, 0.25) is 0 Å². The summed E-state index contributed by atoms with van der Waals surface area (Å²) in [4.78, 5) is 15.7. The molecular formula is C22H26FN3O3S. The number of carbonyl (C=O) groups excluding carboxylic acids is 1. The summed E-state index contributed by atoms with van der Waals surface area (Å²) in [6.07, 6.45) is 4.06. The van der Waals surface area contributed by atoms with Crippen molar-refractivity contribution in [3.8, 4) is 0 Å². The van der Waals surface area contributed by atoms with Crippen molar-refractivity contribution in [2.24, 2.45) is 15.9 Å². The summed E-state index contributed by atoms with van der Waals surface area (Å²) in [5.41, 5.74) is 8.70. The zero-order valence-corrected chi connectivity index (χ0v) is 17.4. The van der Waals surface area contributed by atoms with Crippen molar-refractivity contribution in [3.05, 3.63) is 71.7 Å². The van der Waals surface area contributed by atoms with Crippen molar-refractivity contribution >= 4 is 29.6 Å². The molecule has 8 heteroatoms. The van der Waals surface area contributed by atoms with E-state index in [4.69, 9.17) is 20.3 Å². The second-order valence-corrected chi connectivity index (χ2v) is 7.04. The summed E-state index contributed by atoms with van der Waals surface area (Å²) in [6, 6.07) is 13.5. The van der Waals surface area contributed by atoms with Crippen molar-refractivity contribution < 1.29 is 18.7 Å². The highest BCUT2D eigenvalue weighted by Crippen LogP contribution is 2.20. The molecular weight excluding hydrogens is 405 g/mol. The van der Waals surface area contributed by atoms with Gasteiger partial charge in [0.05, 0.1) is 18.0 Å². The Morgan fingerprint density at radius 1 is 1.03 bits per heavy atom. The molecule has 0 aliphatic rings. The number of benzene rings is 2. The third-order valence-electron chi connectivity index (χ3n) is 3.97. The number of nitrogens with two attached hydrogens (primary N) is 2. The first kappa shape index (κ1) is 23.8. The highest BCUT2D eigenvalue weighted by Gasteiger charge is 2.05. The van der Waals surface area contributed by atoms with Crippen molar-refractivity contribution in [1.82, 2.24) is 0 Å². The van der Waals surface area contributed by atoms with E-state index in [1.54, 1.807) is 18.2 Å². The summed E-state index contributed by atoms with van der Waals surface area (Å²) < 4.78 is 24.0. The zero-order valence-electron chi connectivity index (χ0n) is 16.6. The molecule has 0 fully saturated rings. The van der Waals surface area contributed by atoms with Crippen LogP contribution in [0.1, 0.15) is 18.4 Å². The number of hydrogen-bond acceptors (Lipinski definition) is 7. The van der Waals surface area contributed by atoms with E-state index in [0.717, 1.165) is 47.2 Å². The SMILES string of the molecule is NSc1ccc(N=C(/C=C(\N)COCCCCOCC=O)c2ccc(F)cc2)cc1. The van der Waals surface area contributed by atoms with E-state index in [1.165, 1.54) is 12.1 Å². The van der Waals surface area contributed by atoms with Crippen LogP contribution in [0.25, 0.3) is 0 Å². The first-order valence-corrected chi connectivity index (χ1v) is 10.4. The van der Waals surface area contributed by atoms with Crippen LogP contribution in [0.15, 0.2) is 70.2 Å². The second-order valence-electron chi connectivity index (χ2n) is 6.34. The lowest BCUT2D eigenvalue weighted by atomic mass is 10.1. The monoisotopic (exact) mass is 431 g/mol. The van der Waals surface area contributed by atoms with Gasteiger partial charge in [0, 0.05) is 29.4 Å².